The van der Waals surface area contributed by atoms with Crippen LogP contribution < -0.4 is 10.2 Å². The molecule has 1 aliphatic rings. The number of halogens is 3. The number of anilines is 1. The Morgan fingerprint density at radius 1 is 1.10 bits per heavy atom. The highest BCUT2D eigenvalue weighted by Crippen LogP contribution is 2.31. The van der Waals surface area contributed by atoms with Crippen LogP contribution >= 0.6 is 0 Å². The van der Waals surface area contributed by atoms with Gasteiger partial charge in [0.2, 0.25) is 0 Å². The van der Waals surface area contributed by atoms with Gasteiger partial charge >= 0.3 is 18.0 Å². The number of carbonyl (C=O) groups is 2. The third-order valence-electron chi connectivity index (χ3n) is 5.38. The Morgan fingerprint density at radius 3 is 2.48 bits per heavy atom. The lowest BCUT2D eigenvalue weighted by atomic mass is 9.96. The van der Waals surface area contributed by atoms with E-state index >= 15 is 0 Å². The molecule has 166 valence electrons. The lowest BCUT2D eigenvalue weighted by Gasteiger charge is -2.35. The SMILES string of the molecule is CC(CCNC(=O)C(=O)N1CCN(c2ccccn2)CC1)c1cccc(C(F)(F)F)c1. The molecule has 1 saturated heterocycles. The van der Waals surface area contributed by atoms with E-state index in [1.165, 1.54) is 11.0 Å². The summed E-state index contributed by atoms with van der Waals surface area (Å²) in [6.07, 6.45) is -2.26. The van der Waals surface area contributed by atoms with Crippen LogP contribution in [0.2, 0.25) is 0 Å². The van der Waals surface area contributed by atoms with Gasteiger partial charge in [-0.15, -0.1) is 0 Å². The summed E-state index contributed by atoms with van der Waals surface area (Å²) in [6.45, 7) is 4.01. The van der Waals surface area contributed by atoms with Gasteiger partial charge in [-0.25, -0.2) is 4.98 Å². The highest BCUT2D eigenvalue weighted by Gasteiger charge is 2.31. The van der Waals surface area contributed by atoms with Crippen molar-refractivity contribution in [2.24, 2.45) is 0 Å². The molecule has 1 aromatic carbocycles. The largest absolute Gasteiger partial charge is 0.416 e. The molecule has 1 fully saturated rings. The van der Waals surface area contributed by atoms with E-state index in [-0.39, 0.29) is 12.5 Å². The quantitative estimate of drug-likeness (QED) is 0.735. The molecule has 0 spiro atoms. The minimum Gasteiger partial charge on any atom is -0.353 e. The standard InChI is InChI=1S/C22H25F3N4O2/c1-16(17-5-4-6-18(15-17)22(23,24)25)8-10-27-20(30)21(31)29-13-11-28(12-14-29)19-7-2-3-9-26-19/h2-7,9,15-16H,8,10-14H2,1H3,(H,27,30). The number of nitrogens with zero attached hydrogens (tertiary/aromatic N) is 3. The Balaban J connectivity index is 1.44. The first-order valence-electron chi connectivity index (χ1n) is 10.2. The monoisotopic (exact) mass is 434 g/mol. The number of hydrogen-bond donors (Lipinski definition) is 1. The zero-order chi connectivity index (χ0) is 22.4. The van der Waals surface area contributed by atoms with Crippen LogP contribution in [0.25, 0.3) is 0 Å². The van der Waals surface area contributed by atoms with E-state index in [4.69, 9.17) is 0 Å². The molecule has 1 aliphatic heterocycles. The number of amides is 2. The molecule has 0 aliphatic carbocycles. The molecule has 0 radical (unpaired) electrons. The van der Waals surface area contributed by atoms with Gasteiger partial charge in [0.15, 0.2) is 0 Å². The van der Waals surface area contributed by atoms with Crippen LogP contribution in [0.4, 0.5) is 19.0 Å². The number of rotatable bonds is 5. The Morgan fingerprint density at radius 2 is 1.84 bits per heavy atom. The second-order valence-corrected chi connectivity index (χ2v) is 7.54. The summed E-state index contributed by atoms with van der Waals surface area (Å²) < 4.78 is 38.6. The molecule has 0 bridgehead atoms. The molecular weight excluding hydrogens is 409 g/mol. The highest BCUT2D eigenvalue weighted by atomic mass is 19.4. The maximum Gasteiger partial charge on any atom is 0.416 e. The van der Waals surface area contributed by atoms with Crippen molar-refractivity contribution in [1.82, 2.24) is 15.2 Å². The third kappa shape index (κ3) is 5.96. The van der Waals surface area contributed by atoms with Gasteiger partial charge in [0.1, 0.15) is 5.82 Å². The van der Waals surface area contributed by atoms with Crippen molar-refractivity contribution in [3.05, 3.63) is 59.8 Å². The van der Waals surface area contributed by atoms with E-state index in [9.17, 15) is 22.8 Å². The topological polar surface area (TPSA) is 65.5 Å². The third-order valence-corrected chi connectivity index (χ3v) is 5.38. The number of pyridine rings is 1. The van der Waals surface area contributed by atoms with Gasteiger partial charge in [-0.1, -0.05) is 31.2 Å². The molecule has 31 heavy (non-hydrogen) atoms. The van der Waals surface area contributed by atoms with Crippen molar-refractivity contribution in [2.75, 3.05) is 37.6 Å². The van der Waals surface area contributed by atoms with E-state index in [1.807, 2.05) is 18.2 Å². The summed E-state index contributed by atoms with van der Waals surface area (Å²) in [6, 6.07) is 10.8. The van der Waals surface area contributed by atoms with Gasteiger partial charge in [-0.05, 0) is 36.1 Å². The first kappa shape index (κ1) is 22.6. The van der Waals surface area contributed by atoms with E-state index in [1.54, 1.807) is 19.2 Å². The van der Waals surface area contributed by atoms with Crippen LogP contribution in [-0.2, 0) is 15.8 Å². The lowest BCUT2D eigenvalue weighted by molar-refractivity contribution is -0.146. The minimum absolute atomic E-state index is 0.195. The van der Waals surface area contributed by atoms with Crippen LogP contribution in [-0.4, -0.2) is 54.4 Å². The van der Waals surface area contributed by atoms with E-state index < -0.39 is 23.6 Å². The van der Waals surface area contributed by atoms with E-state index in [0.717, 1.165) is 18.0 Å². The fraction of sp³-hybridized carbons (Fsp3) is 0.409. The van der Waals surface area contributed by atoms with Crippen LogP contribution in [0.15, 0.2) is 48.7 Å². The maximum atomic E-state index is 12.9. The lowest BCUT2D eigenvalue weighted by Crippen LogP contribution is -2.53. The number of hydrogen-bond acceptors (Lipinski definition) is 4. The van der Waals surface area contributed by atoms with Crippen molar-refractivity contribution in [2.45, 2.75) is 25.4 Å². The number of piperazine rings is 1. The second-order valence-electron chi connectivity index (χ2n) is 7.54. The molecule has 2 heterocycles. The van der Waals surface area contributed by atoms with Crippen molar-refractivity contribution < 1.29 is 22.8 Å². The zero-order valence-electron chi connectivity index (χ0n) is 17.2. The number of aromatic nitrogens is 1. The average Bonchev–Trinajstić information content (AvgIpc) is 2.78. The smallest absolute Gasteiger partial charge is 0.353 e. The molecule has 1 unspecified atom stereocenters. The highest BCUT2D eigenvalue weighted by molar-refractivity contribution is 6.35. The molecular formula is C22H25F3N4O2. The first-order valence-corrected chi connectivity index (χ1v) is 10.2. The van der Waals surface area contributed by atoms with Gasteiger partial charge in [-0.3, -0.25) is 9.59 Å². The van der Waals surface area contributed by atoms with Gasteiger partial charge in [-0.2, -0.15) is 13.2 Å². The minimum atomic E-state index is -4.39. The predicted octanol–water partition coefficient (Wildman–Crippen LogP) is 3.06. The molecule has 2 amide bonds. The number of alkyl halides is 3. The zero-order valence-corrected chi connectivity index (χ0v) is 17.2. The molecule has 9 heteroatoms. The summed E-state index contributed by atoms with van der Waals surface area (Å²) in [4.78, 5) is 32.5. The Bertz CT molecular complexity index is 897. The molecule has 2 aromatic rings. The number of nitrogens with one attached hydrogen (secondary N) is 1. The Hall–Kier alpha value is -3.10. The van der Waals surface area contributed by atoms with Gasteiger partial charge in [0.05, 0.1) is 5.56 Å². The summed E-state index contributed by atoms with van der Waals surface area (Å²) in [7, 11) is 0. The van der Waals surface area contributed by atoms with E-state index in [0.29, 0.717) is 38.2 Å². The van der Waals surface area contributed by atoms with Crippen LogP contribution in [0.3, 0.4) is 0 Å². The maximum absolute atomic E-state index is 12.9. The predicted molar refractivity (Wildman–Crippen MR) is 111 cm³/mol. The number of carbonyl (C=O) groups excluding carboxylic acids is 2. The Kier molecular flexibility index (Phi) is 7.14. The molecule has 1 aromatic heterocycles. The average molecular weight is 434 g/mol. The second kappa shape index (κ2) is 9.80. The van der Waals surface area contributed by atoms with Gasteiger partial charge in [0.25, 0.3) is 0 Å². The summed E-state index contributed by atoms with van der Waals surface area (Å²) >= 11 is 0. The Labute approximate surface area is 179 Å². The molecule has 1 N–H and O–H groups in total. The van der Waals surface area contributed by atoms with Crippen molar-refractivity contribution in [1.29, 1.82) is 0 Å². The first-order chi connectivity index (χ1) is 14.8. The molecule has 3 rings (SSSR count). The van der Waals surface area contributed by atoms with E-state index in [2.05, 4.69) is 15.2 Å². The summed E-state index contributed by atoms with van der Waals surface area (Å²) in [5.41, 5.74) is -0.151. The molecule has 0 saturated carbocycles. The van der Waals surface area contributed by atoms with Crippen LogP contribution in [0.5, 0.6) is 0 Å². The van der Waals surface area contributed by atoms with Crippen molar-refractivity contribution in [3.8, 4) is 0 Å². The van der Waals surface area contributed by atoms with Crippen molar-refractivity contribution in [3.63, 3.8) is 0 Å². The fourth-order valence-corrected chi connectivity index (χ4v) is 3.49. The summed E-state index contributed by atoms with van der Waals surface area (Å²) in [5.74, 6) is -0.642. The fourth-order valence-electron chi connectivity index (χ4n) is 3.49. The normalized spacial score (nSPS) is 15.5. The van der Waals surface area contributed by atoms with Crippen molar-refractivity contribution >= 4 is 17.6 Å². The number of benzene rings is 1. The molecule has 6 nitrogen and oxygen atoms in total. The van der Waals surface area contributed by atoms with Gasteiger partial charge in [0, 0.05) is 38.9 Å². The van der Waals surface area contributed by atoms with Crippen LogP contribution in [0, 0.1) is 0 Å². The molecule has 1 atom stereocenters. The van der Waals surface area contributed by atoms with Gasteiger partial charge < -0.3 is 15.1 Å². The van der Waals surface area contributed by atoms with Crippen LogP contribution in [0.1, 0.15) is 30.4 Å². The summed E-state index contributed by atoms with van der Waals surface area (Å²) in [5, 5.41) is 2.59.